The molecule has 0 aromatic heterocycles. The molecule has 4 nitrogen and oxygen atoms in total. The molecule has 0 heterocycles. The van der Waals surface area contributed by atoms with Gasteiger partial charge < -0.3 is 10.6 Å². The minimum Gasteiger partial charge on any atom is -0.372 e. The highest BCUT2D eigenvalue weighted by Crippen LogP contribution is 2.26. The second-order valence-corrected chi connectivity index (χ2v) is 8.47. The molecular formula is C27H28F2N4. The van der Waals surface area contributed by atoms with Gasteiger partial charge in [0.1, 0.15) is 0 Å². The van der Waals surface area contributed by atoms with Crippen LogP contribution in [0, 0.1) is 23.0 Å². The molecule has 0 amide bonds. The molecule has 33 heavy (non-hydrogen) atoms. The molecule has 0 bridgehead atoms. The molecule has 6 heteroatoms. The summed E-state index contributed by atoms with van der Waals surface area (Å²) < 4.78 is 26.5. The van der Waals surface area contributed by atoms with Crippen molar-refractivity contribution in [3.8, 4) is 17.2 Å². The lowest BCUT2D eigenvalue weighted by Crippen LogP contribution is -2.29. The fraction of sp³-hybridized carbons (Fsp3) is 0.296. The number of nitrogens with zero attached hydrogens (tertiary/aromatic N) is 1. The summed E-state index contributed by atoms with van der Waals surface area (Å²) in [6, 6.07) is 22.8. The first-order chi connectivity index (χ1) is 16.1. The Bertz CT molecular complexity index is 1100. The van der Waals surface area contributed by atoms with Gasteiger partial charge in [-0.3, -0.25) is 5.32 Å². The van der Waals surface area contributed by atoms with Crippen molar-refractivity contribution in [2.45, 2.75) is 31.2 Å². The minimum atomic E-state index is -0.857. The van der Waals surface area contributed by atoms with E-state index in [1.807, 2.05) is 18.2 Å². The molecule has 1 saturated carbocycles. The Kier molecular flexibility index (Phi) is 7.66. The summed E-state index contributed by atoms with van der Waals surface area (Å²) in [6.45, 7) is 2.17. The fourth-order valence-electron chi connectivity index (χ4n) is 3.87. The van der Waals surface area contributed by atoms with Crippen LogP contribution in [0.2, 0.25) is 0 Å². The van der Waals surface area contributed by atoms with Crippen LogP contribution in [0.1, 0.15) is 36.3 Å². The van der Waals surface area contributed by atoms with Crippen molar-refractivity contribution in [2.24, 2.45) is 0 Å². The third-order valence-corrected chi connectivity index (χ3v) is 5.94. The van der Waals surface area contributed by atoms with E-state index in [-0.39, 0.29) is 0 Å². The number of nitrogens with one attached hydrogen (secondary N) is 3. The number of hydrogen-bond donors (Lipinski definition) is 3. The van der Waals surface area contributed by atoms with Gasteiger partial charge in [-0.25, -0.2) is 8.78 Å². The minimum absolute atomic E-state index is 0.308. The summed E-state index contributed by atoms with van der Waals surface area (Å²) in [7, 11) is 0. The number of rotatable bonds is 11. The predicted octanol–water partition coefficient (Wildman–Crippen LogP) is 5.39. The average molecular weight is 447 g/mol. The van der Waals surface area contributed by atoms with Crippen LogP contribution in [0.4, 0.5) is 14.5 Å². The molecule has 1 aliphatic rings. The largest absolute Gasteiger partial charge is 0.372 e. The Balaban J connectivity index is 1.37. The van der Waals surface area contributed by atoms with Crippen molar-refractivity contribution >= 4 is 5.69 Å². The topological polar surface area (TPSA) is 59.9 Å². The van der Waals surface area contributed by atoms with Crippen LogP contribution >= 0.6 is 0 Å². The van der Waals surface area contributed by atoms with Crippen LogP contribution in [0.25, 0.3) is 11.1 Å². The van der Waals surface area contributed by atoms with Gasteiger partial charge in [-0.2, -0.15) is 5.26 Å². The zero-order valence-electron chi connectivity index (χ0n) is 18.5. The van der Waals surface area contributed by atoms with Crippen LogP contribution in [0.3, 0.4) is 0 Å². The molecule has 0 saturated heterocycles. The normalized spacial score (nSPS) is 14.0. The molecule has 1 unspecified atom stereocenters. The molecule has 0 spiro atoms. The van der Waals surface area contributed by atoms with Crippen LogP contribution in [-0.4, -0.2) is 25.8 Å². The first-order valence-corrected chi connectivity index (χ1v) is 11.4. The van der Waals surface area contributed by atoms with Crippen LogP contribution in [-0.2, 0) is 0 Å². The maximum atomic E-state index is 13.4. The molecule has 0 aliphatic heterocycles. The first kappa shape index (κ1) is 22.9. The van der Waals surface area contributed by atoms with Crippen molar-refractivity contribution in [3.05, 3.63) is 89.5 Å². The lowest BCUT2D eigenvalue weighted by molar-refractivity contribution is 0.508. The van der Waals surface area contributed by atoms with Gasteiger partial charge in [-0.05, 0) is 72.7 Å². The van der Waals surface area contributed by atoms with Crippen molar-refractivity contribution in [2.75, 3.05) is 25.1 Å². The van der Waals surface area contributed by atoms with E-state index < -0.39 is 11.6 Å². The van der Waals surface area contributed by atoms with Gasteiger partial charge in [0.2, 0.25) is 0 Å². The highest BCUT2D eigenvalue weighted by Gasteiger charge is 2.21. The molecule has 1 aliphatic carbocycles. The van der Waals surface area contributed by atoms with Gasteiger partial charge in [0.25, 0.3) is 0 Å². The first-order valence-electron chi connectivity index (χ1n) is 11.4. The molecule has 1 atom stereocenters. The molecule has 3 N–H and O–H groups in total. The summed E-state index contributed by atoms with van der Waals surface area (Å²) in [5.74, 6) is -1.40. The smallest absolute Gasteiger partial charge is 0.160 e. The van der Waals surface area contributed by atoms with Gasteiger partial charge in [-0.15, -0.1) is 0 Å². The zero-order valence-corrected chi connectivity index (χ0v) is 18.5. The zero-order chi connectivity index (χ0) is 23.0. The fourth-order valence-corrected chi connectivity index (χ4v) is 3.87. The molecule has 1 fully saturated rings. The molecule has 3 aromatic rings. The van der Waals surface area contributed by atoms with Crippen LogP contribution in [0.5, 0.6) is 0 Å². The molecule has 170 valence electrons. The molecular weight excluding hydrogens is 418 g/mol. The number of halogens is 2. The maximum Gasteiger partial charge on any atom is 0.160 e. The van der Waals surface area contributed by atoms with Crippen molar-refractivity contribution in [3.63, 3.8) is 0 Å². The van der Waals surface area contributed by atoms with E-state index in [2.05, 4.69) is 46.3 Å². The second-order valence-electron chi connectivity index (χ2n) is 8.47. The van der Waals surface area contributed by atoms with Crippen molar-refractivity contribution < 1.29 is 8.78 Å². The highest BCUT2D eigenvalue weighted by atomic mass is 19.2. The Morgan fingerprint density at radius 1 is 0.939 bits per heavy atom. The predicted molar refractivity (Wildman–Crippen MR) is 128 cm³/mol. The van der Waals surface area contributed by atoms with Gasteiger partial charge in [0.05, 0.1) is 18.3 Å². The van der Waals surface area contributed by atoms with E-state index in [1.165, 1.54) is 24.5 Å². The van der Waals surface area contributed by atoms with Gasteiger partial charge in [0, 0.05) is 24.3 Å². The van der Waals surface area contributed by atoms with Gasteiger partial charge in [0.15, 0.2) is 11.6 Å². The highest BCUT2D eigenvalue weighted by molar-refractivity contribution is 5.65. The second kappa shape index (κ2) is 11.0. The Morgan fingerprint density at radius 2 is 1.76 bits per heavy atom. The monoisotopic (exact) mass is 446 g/mol. The van der Waals surface area contributed by atoms with E-state index >= 15 is 0 Å². The summed E-state index contributed by atoms with van der Waals surface area (Å²) >= 11 is 0. The maximum absolute atomic E-state index is 13.4. The molecule has 4 rings (SSSR count). The lowest BCUT2D eigenvalue weighted by Gasteiger charge is -2.20. The Morgan fingerprint density at radius 3 is 2.48 bits per heavy atom. The van der Waals surface area contributed by atoms with Gasteiger partial charge in [-0.1, -0.05) is 36.4 Å². The Hall–Kier alpha value is -3.27. The van der Waals surface area contributed by atoms with E-state index in [4.69, 9.17) is 5.26 Å². The summed E-state index contributed by atoms with van der Waals surface area (Å²) in [4.78, 5) is 0. The van der Waals surface area contributed by atoms with E-state index in [9.17, 15) is 8.78 Å². The summed E-state index contributed by atoms with van der Waals surface area (Å²) in [5, 5.41) is 19.2. The van der Waals surface area contributed by atoms with E-state index in [1.54, 1.807) is 6.07 Å². The SMILES string of the molecule is N#Cc1cccc(-c2ccc(C(CCNC3CC3)CNCNc3ccc(F)c(F)c3)cc2)c1. The molecule has 3 aromatic carbocycles. The quantitative estimate of drug-likeness (QED) is 0.273. The number of benzene rings is 3. The third-order valence-electron chi connectivity index (χ3n) is 5.94. The third kappa shape index (κ3) is 6.61. The van der Waals surface area contributed by atoms with Crippen molar-refractivity contribution in [1.82, 2.24) is 10.6 Å². The Labute approximate surface area is 193 Å². The van der Waals surface area contributed by atoms with Crippen LogP contribution < -0.4 is 16.0 Å². The number of anilines is 1. The average Bonchev–Trinajstić information content (AvgIpc) is 3.67. The van der Waals surface area contributed by atoms with E-state index in [0.717, 1.165) is 42.8 Å². The molecule has 0 radical (unpaired) electrons. The number of nitriles is 1. The van der Waals surface area contributed by atoms with Crippen LogP contribution in [0.15, 0.2) is 66.7 Å². The summed E-state index contributed by atoms with van der Waals surface area (Å²) in [6.07, 6.45) is 3.52. The van der Waals surface area contributed by atoms with E-state index in [0.29, 0.717) is 29.9 Å². The van der Waals surface area contributed by atoms with Gasteiger partial charge >= 0.3 is 0 Å². The van der Waals surface area contributed by atoms with Crippen molar-refractivity contribution in [1.29, 1.82) is 5.26 Å². The number of hydrogen-bond acceptors (Lipinski definition) is 4. The lowest BCUT2D eigenvalue weighted by atomic mass is 9.93. The standard InChI is InChI=1S/C27H28F2N4/c28-26-11-10-25(15-27(26)29)33-18-31-17-23(12-13-32-24-8-9-24)21-6-4-20(5-7-21)22-3-1-2-19(14-22)16-30/h1-7,10-11,14-15,23-24,31-33H,8-9,12-13,17-18H2. The summed E-state index contributed by atoms with van der Waals surface area (Å²) in [5.41, 5.74) is 4.55.